The van der Waals surface area contributed by atoms with Crippen LogP contribution in [0.3, 0.4) is 0 Å². The van der Waals surface area contributed by atoms with Crippen LogP contribution in [-0.4, -0.2) is 67.5 Å². The van der Waals surface area contributed by atoms with Crippen LogP contribution in [0.4, 0.5) is 10.5 Å². The van der Waals surface area contributed by atoms with E-state index >= 15 is 0 Å². The Labute approximate surface area is 178 Å². The van der Waals surface area contributed by atoms with Gasteiger partial charge in [-0.1, -0.05) is 17.7 Å². The number of aromatic nitrogens is 4. The van der Waals surface area contributed by atoms with Gasteiger partial charge in [0.05, 0.1) is 0 Å². The predicted octanol–water partition coefficient (Wildman–Crippen LogP) is 2.77. The van der Waals surface area contributed by atoms with E-state index in [-0.39, 0.29) is 17.8 Å². The molecule has 1 aliphatic rings. The van der Waals surface area contributed by atoms with E-state index < -0.39 is 0 Å². The molecule has 30 heavy (non-hydrogen) atoms. The molecule has 10 heteroatoms. The largest absolute Gasteiger partial charge is 0.334 e. The van der Waals surface area contributed by atoms with E-state index in [1.165, 1.54) is 0 Å². The number of hydrogen-bond donors (Lipinski definition) is 1. The van der Waals surface area contributed by atoms with Gasteiger partial charge in [0.25, 0.3) is 11.7 Å². The Balaban J connectivity index is 1.43. The maximum absolute atomic E-state index is 12.9. The first kappa shape index (κ1) is 20.1. The van der Waals surface area contributed by atoms with Gasteiger partial charge >= 0.3 is 6.03 Å². The van der Waals surface area contributed by atoms with Gasteiger partial charge < -0.3 is 15.1 Å². The molecule has 3 amide bonds. The van der Waals surface area contributed by atoms with Crippen LogP contribution in [0.1, 0.15) is 28.4 Å². The zero-order valence-corrected chi connectivity index (χ0v) is 17.6. The Bertz CT molecular complexity index is 1110. The number of carbonyl (C=O) groups excluding carboxylic acids is 2. The second-order valence-corrected chi connectivity index (χ2v) is 7.70. The molecule has 0 unspecified atom stereocenters. The molecule has 0 atom stereocenters. The van der Waals surface area contributed by atoms with Crippen molar-refractivity contribution in [1.82, 2.24) is 29.4 Å². The Morgan fingerprint density at radius 3 is 2.60 bits per heavy atom. The van der Waals surface area contributed by atoms with Gasteiger partial charge in [0.1, 0.15) is 0 Å². The first-order valence-electron chi connectivity index (χ1n) is 9.72. The smallest absolute Gasteiger partial charge is 0.321 e. The lowest BCUT2D eigenvalue weighted by molar-refractivity contribution is 0.0750. The zero-order chi connectivity index (χ0) is 21.3. The first-order chi connectivity index (χ1) is 14.4. The number of aryl methyl sites for hydroxylation is 2. The second kappa shape index (κ2) is 8.27. The summed E-state index contributed by atoms with van der Waals surface area (Å²) in [6.07, 6.45) is 0.665. The van der Waals surface area contributed by atoms with Gasteiger partial charge in [0.15, 0.2) is 0 Å². The molecule has 1 aliphatic heterocycles. The summed E-state index contributed by atoms with van der Waals surface area (Å²) in [6, 6.07) is 8.68. The zero-order valence-electron chi connectivity index (χ0n) is 16.8. The second-order valence-electron chi connectivity index (χ2n) is 7.26. The van der Waals surface area contributed by atoms with E-state index in [1.54, 1.807) is 38.6 Å². The van der Waals surface area contributed by atoms with Gasteiger partial charge in [0.2, 0.25) is 5.82 Å². The normalized spacial score (nSPS) is 14.6. The van der Waals surface area contributed by atoms with Crippen molar-refractivity contribution in [2.24, 2.45) is 0 Å². The Kier molecular flexibility index (Phi) is 5.54. The van der Waals surface area contributed by atoms with Gasteiger partial charge in [-0.3, -0.25) is 4.79 Å². The standard InChI is InChI=1S/C20H22ClN7O2/c1-13-11-14(2)28-19(22-13)24-17(25-28)18(29)26-7-4-8-27(10-9-26)20(30)23-16-6-3-5-15(21)12-16/h3,5-6,11-12H,4,7-10H2,1-2H3,(H,23,30). The van der Waals surface area contributed by atoms with Crippen molar-refractivity contribution in [2.75, 3.05) is 31.5 Å². The van der Waals surface area contributed by atoms with Crippen LogP contribution < -0.4 is 5.32 Å². The number of nitrogens with one attached hydrogen (secondary N) is 1. The summed E-state index contributed by atoms with van der Waals surface area (Å²) in [7, 11) is 0. The van der Waals surface area contributed by atoms with Gasteiger partial charge in [-0.05, 0) is 44.5 Å². The van der Waals surface area contributed by atoms with E-state index in [4.69, 9.17) is 11.6 Å². The number of fused-ring (bicyclic) bond motifs is 1. The molecule has 156 valence electrons. The van der Waals surface area contributed by atoms with Crippen LogP contribution >= 0.6 is 11.6 Å². The molecule has 0 spiro atoms. The van der Waals surface area contributed by atoms with Crippen LogP contribution in [0.5, 0.6) is 0 Å². The molecule has 1 aromatic carbocycles. The number of amides is 3. The van der Waals surface area contributed by atoms with Crippen LogP contribution in [-0.2, 0) is 0 Å². The maximum atomic E-state index is 12.9. The Morgan fingerprint density at radius 2 is 1.80 bits per heavy atom. The highest BCUT2D eigenvalue weighted by atomic mass is 35.5. The summed E-state index contributed by atoms with van der Waals surface area (Å²) < 4.78 is 1.57. The Hall–Kier alpha value is -3.20. The molecular weight excluding hydrogens is 406 g/mol. The summed E-state index contributed by atoms with van der Waals surface area (Å²) in [5.74, 6) is 0.274. The van der Waals surface area contributed by atoms with Crippen LogP contribution in [0.15, 0.2) is 30.3 Å². The van der Waals surface area contributed by atoms with Crippen molar-refractivity contribution in [3.05, 3.63) is 52.6 Å². The summed E-state index contributed by atoms with van der Waals surface area (Å²) in [6.45, 7) is 5.67. The quantitative estimate of drug-likeness (QED) is 0.678. The third kappa shape index (κ3) is 4.20. The highest BCUT2D eigenvalue weighted by molar-refractivity contribution is 6.30. The molecule has 0 saturated carbocycles. The topological polar surface area (TPSA) is 95.7 Å². The molecule has 1 saturated heterocycles. The molecule has 1 N–H and O–H groups in total. The average molecular weight is 428 g/mol. The van der Waals surface area contributed by atoms with E-state index in [1.807, 2.05) is 19.9 Å². The molecule has 1 fully saturated rings. The number of halogens is 1. The number of anilines is 1. The third-order valence-corrected chi connectivity index (χ3v) is 5.19. The molecule has 2 aromatic heterocycles. The van der Waals surface area contributed by atoms with Crippen LogP contribution in [0.25, 0.3) is 5.78 Å². The molecule has 3 heterocycles. The van der Waals surface area contributed by atoms with Crippen LogP contribution in [0, 0.1) is 13.8 Å². The minimum absolute atomic E-state index is 0.119. The monoisotopic (exact) mass is 427 g/mol. The lowest BCUT2D eigenvalue weighted by atomic mass is 10.3. The summed E-state index contributed by atoms with van der Waals surface area (Å²) in [4.78, 5) is 37.6. The lowest BCUT2D eigenvalue weighted by Crippen LogP contribution is -2.39. The van der Waals surface area contributed by atoms with Crippen molar-refractivity contribution in [1.29, 1.82) is 0 Å². The van der Waals surface area contributed by atoms with Crippen molar-refractivity contribution < 1.29 is 9.59 Å². The number of hydrogen-bond acceptors (Lipinski definition) is 5. The van der Waals surface area contributed by atoms with Crippen molar-refractivity contribution in [3.8, 4) is 0 Å². The van der Waals surface area contributed by atoms with E-state index in [9.17, 15) is 9.59 Å². The molecule has 4 rings (SSSR count). The number of benzene rings is 1. The number of carbonyl (C=O) groups is 2. The maximum Gasteiger partial charge on any atom is 0.321 e. The molecule has 0 radical (unpaired) electrons. The molecule has 3 aromatic rings. The summed E-state index contributed by atoms with van der Waals surface area (Å²) in [5.41, 5.74) is 2.32. The van der Waals surface area contributed by atoms with E-state index in [0.29, 0.717) is 49.1 Å². The van der Waals surface area contributed by atoms with Crippen molar-refractivity contribution in [2.45, 2.75) is 20.3 Å². The molecule has 0 bridgehead atoms. The van der Waals surface area contributed by atoms with Gasteiger partial charge in [0, 0.05) is 48.3 Å². The molecule has 9 nitrogen and oxygen atoms in total. The Morgan fingerprint density at radius 1 is 1.03 bits per heavy atom. The molecule has 0 aliphatic carbocycles. The number of rotatable bonds is 2. The fourth-order valence-corrected chi connectivity index (χ4v) is 3.68. The van der Waals surface area contributed by atoms with Crippen molar-refractivity contribution >= 4 is 35.0 Å². The predicted molar refractivity (Wildman–Crippen MR) is 113 cm³/mol. The van der Waals surface area contributed by atoms with Gasteiger partial charge in [-0.25, -0.2) is 14.3 Å². The van der Waals surface area contributed by atoms with E-state index in [0.717, 1.165) is 11.4 Å². The number of urea groups is 1. The van der Waals surface area contributed by atoms with Gasteiger partial charge in [-0.2, -0.15) is 4.98 Å². The van der Waals surface area contributed by atoms with Crippen LogP contribution in [0.2, 0.25) is 5.02 Å². The average Bonchev–Trinajstić information content (AvgIpc) is 2.97. The minimum atomic E-state index is -0.255. The highest BCUT2D eigenvalue weighted by Gasteiger charge is 2.26. The first-order valence-corrected chi connectivity index (χ1v) is 10.1. The summed E-state index contributed by atoms with van der Waals surface area (Å²) in [5, 5.41) is 7.73. The van der Waals surface area contributed by atoms with E-state index in [2.05, 4.69) is 20.4 Å². The molecular formula is C20H22ClN7O2. The minimum Gasteiger partial charge on any atom is -0.334 e. The highest BCUT2D eigenvalue weighted by Crippen LogP contribution is 2.16. The SMILES string of the molecule is Cc1cc(C)n2nc(C(=O)N3CCCN(C(=O)Nc4cccc(Cl)c4)CC3)nc2n1. The van der Waals surface area contributed by atoms with Gasteiger partial charge in [-0.15, -0.1) is 5.10 Å². The fourth-order valence-electron chi connectivity index (χ4n) is 3.49. The fraction of sp³-hybridized carbons (Fsp3) is 0.350. The number of nitrogens with zero attached hydrogens (tertiary/aromatic N) is 6. The lowest BCUT2D eigenvalue weighted by Gasteiger charge is -2.22. The summed E-state index contributed by atoms with van der Waals surface area (Å²) >= 11 is 5.97. The third-order valence-electron chi connectivity index (χ3n) is 4.96. The van der Waals surface area contributed by atoms with Crippen molar-refractivity contribution in [3.63, 3.8) is 0 Å².